The Morgan fingerprint density at radius 3 is 3.09 bits per heavy atom. The van der Waals surface area contributed by atoms with Gasteiger partial charge in [-0.25, -0.2) is 4.99 Å². The van der Waals surface area contributed by atoms with E-state index in [9.17, 15) is 9.90 Å². The van der Waals surface area contributed by atoms with Crippen molar-refractivity contribution in [2.45, 2.75) is 30.8 Å². The summed E-state index contributed by atoms with van der Waals surface area (Å²) in [4.78, 5) is 24.1. The first-order valence-corrected chi connectivity index (χ1v) is 6.51. The van der Waals surface area contributed by atoms with Crippen LogP contribution in [0.1, 0.15) is 6.42 Å². The van der Waals surface area contributed by atoms with Crippen LogP contribution in [0, 0.1) is 0 Å². The van der Waals surface area contributed by atoms with Crippen LogP contribution < -0.4 is 11.1 Å². The van der Waals surface area contributed by atoms with Crippen LogP contribution in [0.5, 0.6) is 0 Å². The number of nitrogens with two attached hydrogens (primary N) is 1. The van der Waals surface area contributed by atoms with Gasteiger partial charge in [-0.2, -0.15) is 0 Å². The molecule has 0 aromatic rings. The van der Waals surface area contributed by atoms with E-state index in [2.05, 4.69) is 25.3 Å². The van der Waals surface area contributed by atoms with E-state index in [1.54, 1.807) is 0 Å². The Morgan fingerprint density at radius 1 is 1.68 bits per heavy atom. The molecule has 1 fully saturated rings. The Balaban J connectivity index is 1.89. The predicted molar refractivity (Wildman–Crippen MR) is 72.2 cm³/mol. The SMILES string of the molecule is [N-]=[N+]=NC1(N)N=C2C(=NCN2[C@H]2C[C@H](O)[C@@H](CO)O2)C(=O)N1. The Morgan fingerprint density at radius 2 is 2.45 bits per heavy atom. The number of hydrogen-bond acceptors (Lipinski definition) is 9. The van der Waals surface area contributed by atoms with Crippen molar-refractivity contribution < 1.29 is 19.7 Å². The fraction of sp³-hybridized carbons (Fsp3) is 0.700. The maximum atomic E-state index is 12.0. The van der Waals surface area contributed by atoms with Crippen molar-refractivity contribution in [1.29, 1.82) is 0 Å². The molecule has 4 atom stereocenters. The molecule has 0 bridgehead atoms. The lowest BCUT2D eigenvalue weighted by molar-refractivity contribution is -0.116. The first kappa shape index (κ1) is 14.7. The van der Waals surface area contributed by atoms with E-state index >= 15 is 0 Å². The molecule has 0 spiro atoms. The molecule has 1 unspecified atom stereocenters. The Bertz CT molecular complexity index is 614. The highest BCUT2D eigenvalue weighted by Crippen LogP contribution is 2.27. The second-order valence-electron chi connectivity index (χ2n) is 5.04. The molecule has 0 radical (unpaired) electrons. The molecular formula is C10H14N8O4. The minimum absolute atomic E-state index is 0.0553. The number of amidine groups is 1. The molecule has 0 aromatic heterocycles. The van der Waals surface area contributed by atoms with E-state index in [4.69, 9.17) is 21.1 Å². The summed E-state index contributed by atoms with van der Waals surface area (Å²) in [6, 6.07) is 0. The summed E-state index contributed by atoms with van der Waals surface area (Å²) in [5.41, 5.74) is 14.3. The molecule has 0 aliphatic carbocycles. The number of azide groups is 1. The summed E-state index contributed by atoms with van der Waals surface area (Å²) in [6.07, 6.45) is -1.95. The van der Waals surface area contributed by atoms with Gasteiger partial charge < -0.3 is 25.2 Å². The standard InChI is InChI=1S/C10H14N8O4/c11-10(16-17-12)14-8-7(9(21)15-10)13-3-18(8)6-1-4(20)5(2-19)22-6/h4-6,19-20H,1-3,11H2,(H,15,21)/t4-,5+,6+,10?/m0/s1. The molecule has 3 aliphatic heterocycles. The topological polar surface area (TPSA) is 182 Å². The molecule has 5 N–H and O–H groups in total. The summed E-state index contributed by atoms with van der Waals surface area (Å²) in [7, 11) is 0. The van der Waals surface area contributed by atoms with Gasteiger partial charge in [0.25, 0.3) is 11.8 Å². The lowest BCUT2D eigenvalue weighted by Gasteiger charge is -2.31. The van der Waals surface area contributed by atoms with Gasteiger partial charge in [0.05, 0.1) is 12.7 Å². The van der Waals surface area contributed by atoms with Crippen LogP contribution in [-0.2, 0) is 9.53 Å². The van der Waals surface area contributed by atoms with Crippen molar-refractivity contribution in [2.24, 2.45) is 20.8 Å². The quantitative estimate of drug-likeness (QED) is 0.255. The number of nitrogens with one attached hydrogen (secondary N) is 1. The Hall–Kier alpha value is -2.24. The zero-order valence-corrected chi connectivity index (χ0v) is 11.3. The lowest BCUT2D eigenvalue weighted by Crippen LogP contribution is -2.61. The van der Waals surface area contributed by atoms with Crippen LogP contribution >= 0.6 is 0 Å². The fourth-order valence-corrected chi connectivity index (χ4v) is 2.54. The zero-order valence-electron chi connectivity index (χ0n) is 11.3. The van der Waals surface area contributed by atoms with Gasteiger partial charge in [-0.3, -0.25) is 15.5 Å². The van der Waals surface area contributed by atoms with Crippen LogP contribution in [-0.4, -0.2) is 70.2 Å². The molecule has 3 heterocycles. The number of nitrogens with zero attached hydrogens (tertiary/aromatic N) is 6. The molecule has 12 heteroatoms. The van der Waals surface area contributed by atoms with E-state index < -0.39 is 30.3 Å². The third-order valence-corrected chi connectivity index (χ3v) is 3.58. The molecule has 12 nitrogen and oxygen atoms in total. The van der Waals surface area contributed by atoms with Crippen molar-refractivity contribution in [2.75, 3.05) is 13.3 Å². The van der Waals surface area contributed by atoms with E-state index in [-0.39, 0.29) is 31.2 Å². The number of aliphatic hydroxyl groups excluding tert-OH is 2. The van der Waals surface area contributed by atoms with Crippen LogP contribution in [0.3, 0.4) is 0 Å². The van der Waals surface area contributed by atoms with Crippen molar-refractivity contribution in [3.63, 3.8) is 0 Å². The monoisotopic (exact) mass is 310 g/mol. The second kappa shape index (κ2) is 5.19. The number of carbonyl (C=O) groups excluding carboxylic acids is 1. The molecule has 1 saturated heterocycles. The van der Waals surface area contributed by atoms with Crippen molar-refractivity contribution in [1.82, 2.24) is 10.2 Å². The smallest absolute Gasteiger partial charge is 0.276 e. The van der Waals surface area contributed by atoms with Gasteiger partial charge in [0.1, 0.15) is 19.0 Å². The molecule has 3 aliphatic rings. The van der Waals surface area contributed by atoms with E-state index in [1.807, 2.05) is 0 Å². The number of fused-ring (bicyclic) bond motifs is 1. The number of hydrogen-bond donors (Lipinski definition) is 4. The molecule has 0 saturated carbocycles. The molecule has 0 aromatic carbocycles. The fourth-order valence-electron chi connectivity index (χ4n) is 2.54. The Labute approximate surface area is 123 Å². The van der Waals surface area contributed by atoms with Crippen molar-refractivity contribution >= 4 is 17.5 Å². The summed E-state index contributed by atoms with van der Waals surface area (Å²) < 4.78 is 5.51. The first-order valence-electron chi connectivity index (χ1n) is 6.51. The third kappa shape index (κ3) is 2.28. The number of carbonyl (C=O) groups is 1. The van der Waals surface area contributed by atoms with Gasteiger partial charge in [-0.1, -0.05) is 0 Å². The van der Waals surface area contributed by atoms with Gasteiger partial charge in [0.15, 0.2) is 11.5 Å². The van der Waals surface area contributed by atoms with E-state index in [0.717, 1.165) is 0 Å². The molecular weight excluding hydrogens is 296 g/mol. The zero-order chi connectivity index (χ0) is 15.9. The largest absolute Gasteiger partial charge is 0.394 e. The van der Waals surface area contributed by atoms with Crippen LogP contribution in [0.4, 0.5) is 0 Å². The number of ether oxygens (including phenoxy) is 1. The number of aliphatic imine (C=N–C) groups is 2. The van der Waals surface area contributed by atoms with Crippen LogP contribution in [0.2, 0.25) is 0 Å². The average Bonchev–Trinajstić information content (AvgIpc) is 3.01. The Kier molecular flexibility index (Phi) is 3.47. The second-order valence-corrected chi connectivity index (χ2v) is 5.04. The van der Waals surface area contributed by atoms with E-state index in [1.165, 1.54) is 4.90 Å². The van der Waals surface area contributed by atoms with E-state index in [0.29, 0.717) is 0 Å². The lowest BCUT2D eigenvalue weighted by atomic mass is 10.2. The maximum absolute atomic E-state index is 12.0. The van der Waals surface area contributed by atoms with Crippen molar-refractivity contribution in [3.05, 3.63) is 10.4 Å². The summed E-state index contributed by atoms with van der Waals surface area (Å²) in [6.45, 7) is -0.241. The molecule has 3 rings (SSSR count). The first-order chi connectivity index (χ1) is 10.5. The van der Waals surface area contributed by atoms with Crippen molar-refractivity contribution in [3.8, 4) is 0 Å². The van der Waals surface area contributed by atoms with Crippen LogP contribution in [0.25, 0.3) is 10.4 Å². The summed E-state index contributed by atoms with van der Waals surface area (Å²) in [5.74, 6) is -2.41. The normalized spacial score (nSPS) is 37.1. The van der Waals surface area contributed by atoms with Gasteiger partial charge in [0, 0.05) is 11.3 Å². The minimum Gasteiger partial charge on any atom is -0.394 e. The highest BCUT2D eigenvalue weighted by molar-refractivity contribution is 6.67. The molecule has 118 valence electrons. The maximum Gasteiger partial charge on any atom is 0.276 e. The van der Waals surface area contributed by atoms with Gasteiger partial charge in [-0.05, 0) is 10.6 Å². The van der Waals surface area contributed by atoms with Gasteiger partial charge in [-0.15, -0.1) is 0 Å². The molecule has 22 heavy (non-hydrogen) atoms. The number of aliphatic hydroxyl groups is 2. The highest BCUT2D eigenvalue weighted by Gasteiger charge is 2.45. The summed E-state index contributed by atoms with van der Waals surface area (Å²) in [5, 5.41) is 24.4. The molecule has 1 amide bonds. The van der Waals surface area contributed by atoms with Crippen LogP contribution in [0.15, 0.2) is 15.1 Å². The third-order valence-electron chi connectivity index (χ3n) is 3.58. The average molecular weight is 310 g/mol. The summed E-state index contributed by atoms with van der Waals surface area (Å²) >= 11 is 0. The highest BCUT2D eigenvalue weighted by atomic mass is 16.5. The van der Waals surface area contributed by atoms with Gasteiger partial charge >= 0.3 is 0 Å². The number of rotatable bonds is 3. The predicted octanol–water partition coefficient (Wildman–Crippen LogP) is -2.42. The number of amides is 1. The minimum atomic E-state index is -1.93. The van der Waals surface area contributed by atoms with Gasteiger partial charge in [0.2, 0.25) is 0 Å².